The van der Waals surface area contributed by atoms with Crippen LogP contribution in [0.4, 0.5) is 4.79 Å². The molecule has 0 bridgehead atoms. The molecule has 0 heterocycles. The molecule has 2 N–H and O–H groups in total. The van der Waals surface area contributed by atoms with Gasteiger partial charge in [0.1, 0.15) is 0 Å². The molecule has 4 nitrogen and oxygen atoms in total. The van der Waals surface area contributed by atoms with Crippen molar-refractivity contribution in [3.05, 3.63) is 0 Å². The summed E-state index contributed by atoms with van der Waals surface area (Å²) in [7, 11) is 0. The highest BCUT2D eigenvalue weighted by atomic mass is 16.5. The summed E-state index contributed by atoms with van der Waals surface area (Å²) in [5.74, 6) is 0. The second kappa shape index (κ2) is 7.51. The van der Waals surface area contributed by atoms with Crippen LogP contribution in [0.15, 0.2) is 0 Å². The van der Waals surface area contributed by atoms with E-state index in [2.05, 4.69) is 10.6 Å². The number of hydrogen-bond donors (Lipinski definition) is 2. The fourth-order valence-electron chi connectivity index (χ4n) is 1.75. The molecule has 0 aromatic carbocycles. The van der Waals surface area contributed by atoms with Crippen LogP contribution in [0, 0.1) is 0 Å². The maximum atomic E-state index is 11.1. The van der Waals surface area contributed by atoms with E-state index >= 15 is 0 Å². The second-order valence-electron chi connectivity index (χ2n) is 3.96. The fourth-order valence-corrected chi connectivity index (χ4v) is 1.75. The Hall–Kier alpha value is -0.770. The van der Waals surface area contributed by atoms with Crippen molar-refractivity contribution in [3.8, 4) is 0 Å². The van der Waals surface area contributed by atoms with E-state index < -0.39 is 0 Å². The molecular weight excluding hydrogens is 192 g/mol. The lowest BCUT2D eigenvalue weighted by atomic mass is 10.3. The fraction of sp³-hybridized carbons (Fsp3) is 0.909. The van der Waals surface area contributed by atoms with E-state index in [-0.39, 0.29) is 6.03 Å². The Kier molecular flexibility index (Phi) is 6.16. The van der Waals surface area contributed by atoms with Gasteiger partial charge in [-0.25, -0.2) is 4.79 Å². The SMILES string of the molecule is CCCNC(=O)NCCOC1CCCC1. The number of amides is 2. The maximum absolute atomic E-state index is 11.1. The van der Waals surface area contributed by atoms with E-state index in [4.69, 9.17) is 4.74 Å². The summed E-state index contributed by atoms with van der Waals surface area (Å²) in [6.45, 7) is 4.00. The first kappa shape index (κ1) is 12.3. The topological polar surface area (TPSA) is 50.4 Å². The standard InChI is InChI=1S/C11H22N2O2/c1-2-7-12-11(14)13-8-9-15-10-5-3-4-6-10/h10H,2-9H2,1H3,(H2,12,13,14). The van der Waals surface area contributed by atoms with Crippen molar-refractivity contribution < 1.29 is 9.53 Å². The molecule has 1 saturated carbocycles. The molecule has 0 radical (unpaired) electrons. The third-order valence-electron chi connectivity index (χ3n) is 2.58. The smallest absolute Gasteiger partial charge is 0.314 e. The van der Waals surface area contributed by atoms with E-state index in [9.17, 15) is 4.79 Å². The van der Waals surface area contributed by atoms with Crippen molar-refractivity contribution in [2.45, 2.75) is 45.1 Å². The average molecular weight is 214 g/mol. The number of carbonyl (C=O) groups is 1. The molecule has 15 heavy (non-hydrogen) atoms. The van der Waals surface area contributed by atoms with Gasteiger partial charge in [-0.3, -0.25) is 0 Å². The lowest BCUT2D eigenvalue weighted by Crippen LogP contribution is -2.37. The Balaban J connectivity index is 1.89. The zero-order valence-electron chi connectivity index (χ0n) is 9.55. The van der Waals surface area contributed by atoms with E-state index in [0.717, 1.165) is 13.0 Å². The van der Waals surface area contributed by atoms with Crippen LogP contribution in [0.1, 0.15) is 39.0 Å². The Bertz CT molecular complexity index is 179. The molecule has 0 saturated heterocycles. The van der Waals surface area contributed by atoms with Gasteiger partial charge in [-0.2, -0.15) is 0 Å². The van der Waals surface area contributed by atoms with Crippen molar-refractivity contribution in [2.24, 2.45) is 0 Å². The van der Waals surface area contributed by atoms with Crippen molar-refractivity contribution in [1.82, 2.24) is 10.6 Å². The van der Waals surface area contributed by atoms with Crippen LogP contribution in [-0.4, -0.2) is 31.8 Å². The number of ether oxygens (including phenoxy) is 1. The van der Waals surface area contributed by atoms with Crippen LogP contribution in [0.3, 0.4) is 0 Å². The van der Waals surface area contributed by atoms with Crippen LogP contribution < -0.4 is 10.6 Å². The molecule has 1 rings (SSSR count). The predicted octanol–water partition coefficient (Wildman–Crippen LogP) is 1.65. The van der Waals surface area contributed by atoms with E-state index in [1.165, 1.54) is 25.7 Å². The highest BCUT2D eigenvalue weighted by Gasteiger charge is 2.14. The summed E-state index contributed by atoms with van der Waals surface area (Å²) >= 11 is 0. The molecule has 0 aromatic rings. The van der Waals surface area contributed by atoms with Crippen molar-refractivity contribution in [3.63, 3.8) is 0 Å². The van der Waals surface area contributed by atoms with Crippen LogP contribution in [0.5, 0.6) is 0 Å². The Morgan fingerprint density at radius 2 is 1.93 bits per heavy atom. The minimum absolute atomic E-state index is 0.0909. The van der Waals surface area contributed by atoms with Gasteiger partial charge in [0.05, 0.1) is 12.7 Å². The van der Waals surface area contributed by atoms with Gasteiger partial charge in [0, 0.05) is 13.1 Å². The van der Waals surface area contributed by atoms with Gasteiger partial charge >= 0.3 is 6.03 Å². The van der Waals surface area contributed by atoms with Gasteiger partial charge in [-0.15, -0.1) is 0 Å². The third-order valence-corrected chi connectivity index (χ3v) is 2.58. The molecule has 88 valence electrons. The van der Waals surface area contributed by atoms with E-state index in [1.807, 2.05) is 6.92 Å². The van der Waals surface area contributed by atoms with Crippen LogP contribution in [-0.2, 0) is 4.74 Å². The zero-order chi connectivity index (χ0) is 10.9. The molecule has 1 aliphatic rings. The Morgan fingerprint density at radius 1 is 1.27 bits per heavy atom. The van der Waals surface area contributed by atoms with Crippen molar-refractivity contribution in [2.75, 3.05) is 19.7 Å². The first-order chi connectivity index (χ1) is 7.33. The van der Waals surface area contributed by atoms with E-state index in [0.29, 0.717) is 19.3 Å². The lowest BCUT2D eigenvalue weighted by Gasteiger charge is -2.11. The Morgan fingerprint density at radius 3 is 2.60 bits per heavy atom. The minimum atomic E-state index is -0.0909. The summed E-state index contributed by atoms with van der Waals surface area (Å²) in [5.41, 5.74) is 0. The van der Waals surface area contributed by atoms with Crippen LogP contribution in [0.2, 0.25) is 0 Å². The molecule has 4 heteroatoms. The summed E-state index contributed by atoms with van der Waals surface area (Å²) in [6, 6.07) is -0.0909. The number of urea groups is 1. The second-order valence-corrected chi connectivity index (χ2v) is 3.96. The molecule has 0 atom stereocenters. The number of rotatable bonds is 6. The maximum Gasteiger partial charge on any atom is 0.314 e. The van der Waals surface area contributed by atoms with Crippen LogP contribution >= 0.6 is 0 Å². The molecule has 0 unspecified atom stereocenters. The Labute approximate surface area is 91.8 Å². The molecule has 0 aromatic heterocycles. The molecule has 0 aliphatic heterocycles. The van der Waals surface area contributed by atoms with Crippen molar-refractivity contribution in [1.29, 1.82) is 0 Å². The lowest BCUT2D eigenvalue weighted by molar-refractivity contribution is 0.0613. The van der Waals surface area contributed by atoms with Gasteiger partial charge in [-0.1, -0.05) is 19.8 Å². The highest BCUT2D eigenvalue weighted by molar-refractivity contribution is 5.73. The van der Waals surface area contributed by atoms with Gasteiger partial charge in [0.25, 0.3) is 0 Å². The average Bonchev–Trinajstić information content (AvgIpc) is 2.74. The molecule has 0 spiro atoms. The third kappa shape index (κ3) is 5.62. The number of carbonyl (C=O) groups excluding carboxylic acids is 1. The van der Waals surface area contributed by atoms with Crippen LogP contribution in [0.25, 0.3) is 0 Å². The number of hydrogen-bond acceptors (Lipinski definition) is 2. The monoisotopic (exact) mass is 214 g/mol. The summed E-state index contributed by atoms with van der Waals surface area (Å²) in [5, 5.41) is 5.52. The highest BCUT2D eigenvalue weighted by Crippen LogP contribution is 2.20. The molecule has 1 fully saturated rings. The molecular formula is C11H22N2O2. The first-order valence-corrected chi connectivity index (χ1v) is 5.96. The predicted molar refractivity (Wildman–Crippen MR) is 59.9 cm³/mol. The van der Waals surface area contributed by atoms with Gasteiger partial charge in [0.2, 0.25) is 0 Å². The largest absolute Gasteiger partial charge is 0.376 e. The van der Waals surface area contributed by atoms with E-state index in [1.54, 1.807) is 0 Å². The summed E-state index contributed by atoms with van der Waals surface area (Å²) in [6.07, 6.45) is 6.34. The normalized spacial score (nSPS) is 16.6. The van der Waals surface area contributed by atoms with Crippen molar-refractivity contribution >= 4 is 6.03 Å². The quantitative estimate of drug-likeness (QED) is 0.661. The molecule has 1 aliphatic carbocycles. The first-order valence-electron chi connectivity index (χ1n) is 5.96. The molecule has 2 amide bonds. The number of nitrogens with one attached hydrogen (secondary N) is 2. The summed E-state index contributed by atoms with van der Waals surface area (Å²) < 4.78 is 5.62. The zero-order valence-corrected chi connectivity index (χ0v) is 9.55. The summed E-state index contributed by atoms with van der Waals surface area (Å²) in [4.78, 5) is 11.1. The minimum Gasteiger partial charge on any atom is -0.376 e. The van der Waals surface area contributed by atoms with Gasteiger partial charge in [0.15, 0.2) is 0 Å². The van der Waals surface area contributed by atoms with Gasteiger partial charge < -0.3 is 15.4 Å². The van der Waals surface area contributed by atoms with Gasteiger partial charge in [-0.05, 0) is 19.3 Å².